The van der Waals surface area contributed by atoms with Crippen LogP contribution in [0.25, 0.3) is 0 Å². The van der Waals surface area contributed by atoms with Crippen molar-refractivity contribution in [3.05, 3.63) is 57.8 Å². The van der Waals surface area contributed by atoms with E-state index in [2.05, 4.69) is 10.6 Å². The number of carbonyl (C=O) groups excluding carboxylic acids is 1. The van der Waals surface area contributed by atoms with Crippen LogP contribution in [0.15, 0.2) is 41.8 Å². The number of benzene rings is 1. The van der Waals surface area contributed by atoms with E-state index < -0.39 is 23.9 Å². The summed E-state index contributed by atoms with van der Waals surface area (Å²) in [7, 11) is 0. The van der Waals surface area contributed by atoms with Crippen LogP contribution < -0.4 is 10.6 Å². The van der Waals surface area contributed by atoms with Crippen molar-refractivity contribution in [2.45, 2.75) is 18.8 Å². The predicted molar refractivity (Wildman–Crippen MR) is 81.0 cm³/mol. The van der Waals surface area contributed by atoms with Gasteiger partial charge in [-0.3, -0.25) is 0 Å². The summed E-state index contributed by atoms with van der Waals surface area (Å²) in [5.41, 5.74) is -0.480. The third-order valence-electron chi connectivity index (χ3n) is 3.08. The number of halogens is 3. The molecule has 0 aliphatic rings. The summed E-state index contributed by atoms with van der Waals surface area (Å²) < 4.78 is 37.3. The van der Waals surface area contributed by atoms with Gasteiger partial charge in [-0.2, -0.15) is 13.2 Å². The highest BCUT2D eigenvalue weighted by Crippen LogP contribution is 2.29. The Morgan fingerprint density at radius 1 is 1.17 bits per heavy atom. The lowest BCUT2D eigenvalue weighted by Crippen LogP contribution is -2.37. The Bertz CT molecular complexity index is 627. The topological polar surface area (TPSA) is 61.4 Å². The first-order chi connectivity index (χ1) is 10.9. The number of urea groups is 1. The van der Waals surface area contributed by atoms with Crippen molar-refractivity contribution in [2.24, 2.45) is 0 Å². The number of thiophene rings is 1. The molecule has 8 heteroatoms. The number of alkyl halides is 3. The summed E-state index contributed by atoms with van der Waals surface area (Å²) in [6, 6.07) is 7.47. The molecule has 1 atom stereocenters. The maximum atomic E-state index is 12.4. The molecule has 0 aliphatic heterocycles. The zero-order valence-electron chi connectivity index (χ0n) is 11.9. The Hall–Kier alpha value is -2.06. The van der Waals surface area contributed by atoms with Gasteiger partial charge < -0.3 is 15.7 Å². The summed E-state index contributed by atoms with van der Waals surface area (Å²) in [5, 5.41) is 16.9. The van der Waals surface area contributed by atoms with Gasteiger partial charge in [0.25, 0.3) is 0 Å². The van der Waals surface area contributed by atoms with Gasteiger partial charge in [0.1, 0.15) is 0 Å². The zero-order chi connectivity index (χ0) is 16.9. The number of carbonyl (C=O) groups is 1. The smallest absolute Gasteiger partial charge is 0.387 e. The quantitative estimate of drug-likeness (QED) is 0.779. The Morgan fingerprint density at radius 3 is 2.43 bits per heavy atom. The molecule has 4 nitrogen and oxygen atoms in total. The van der Waals surface area contributed by atoms with Crippen molar-refractivity contribution in [2.75, 3.05) is 6.54 Å². The molecule has 1 aromatic carbocycles. The molecule has 2 amide bonds. The van der Waals surface area contributed by atoms with Crippen molar-refractivity contribution in [1.29, 1.82) is 0 Å². The Balaban J connectivity index is 1.79. The van der Waals surface area contributed by atoms with Crippen LogP contribution in [-0.2, 0) is 12.7 Å². The summed E-state index contributed by atoms with van der Waals surface area (Å²) in [6.07, 6.45) is -5.49. The summed E-state index contributed by atoms with van der Waals surface area (Å²) in [5.74, 6) is 0. The van der Waals surface area contributed by atoms with Gasteiger partial charge in [-0.25, -0.2) is 4.79 Å². The van der Waals surface area contributed by atoms with Gasteiger partial charge in [0.15, 0.2) is 0 Å². The third kappa shape index (κ3) is 5.26. The largest absolute Gasteiger partial charge is 0.416 e. The first-order valence-corrected chi connectivity index (χ1v) is 7.63. The highest BCUT2D eigenvalue weighted by Gasteiger charge is 2.30. The second-order valence-corrected chi connectivity index (χ2v) is 5.81. The molecular formula is C15H15F3N2O2S. The van der Waals surface area contributed by atoms with E-state index in [1.54, 1.807) is 0 Å². The van der Waals surface area contributed by atoms with Crippen molar-refractivity contribution in [3.63, 3.8) is 0 Å². The van der Waals surface area contributed by atoms with Gasteiger partial charge in [0.2, 0.25) is 0 Å². The molecule has 0 bridgehead atoms. The molecule has 1 aromatic heterocycles. The minimum absolute atomic E-state index is 0.0956. The average Bonchev–Trinajstić information content (AvgIpc) is 3.03. The van der Waals surface area contributed by atoms with Crippen LogP contribution in [-0.4, -0.2) is 17.7 Å². The molecule has 0 radical (unpaired) electrons. The maximum absolute atomic E-state index is 12.4. The Labute approximate surface area is 135 Å². The van der Waals surface area contributed by atoms with E-state index in [0.717, 1.165) is 17.0 Å². The molecule has 2 rings (SSSR count). The first-order valence-electron chi connectivity index (χ1n) is 6.75. The maximum Gasteiger partial charge on any atom is 0.416 e. The summed E-state index contributed by atoms with van der Waals surface area (Å²) >= 11 is 1.51. The van der Waals surface area contributed by atoms with E-state index in [1.807, 2.05) is 17.5 Å². The number of hydrogen-bond donors (Lipinski definition) is 3. The molecule has 2 aromatic rings. The van der Waals surface area contributed by atoms with Gasteiger partial charge in [0.05, 0.1) is 18.2 Å². The van der Waals surface area contributed by atoms with Crippen molar-refractivity contribution in [1.82, 2.24) is 10.6 Å². The fourth-order valence-electron chi connectivity index (χ4n) is 1.84. The zero-order valence-corrected chi connectivity index (χ0v) is 12.7. The molecule has 3 N–H and O–H groups in total. The highest BCUT2D eigenvalue weighted by molar-refractivity contribution is 7.09. The number of aliphatic hydroxyl groups is 1. The van der Waals surface area contributed by atoms with Crippen molar-refractivity contribution >= 4 is 17.4 Å². The van der Waals surface area contributed by atoms with Crippen molar-refractivity contribution in [3.8, 4) is 0 Å². The molecule has 0 saturated heterocycles. The Morgan fingerprint density at radius 2 is 1.87 bits per heavy atom. The second-order valence-electron chi connectivity index (χ2n) is 4.78. The second kappa shape index (κ2) is 7.47. The Kier molecular flexibility index (Phi) is 5.62. The van der Waals surface area contributed by atoms with Crippen LogP contribution in [0.5, 0.6) is 0 Å². The van der Waals surface area contributed by atoms with E-state index in [4.69, 9.17) is 0 Å². The number of aliphatic hydroxyl groups excluding tert-OH is 1. The van der Waals surface area contributed by atoms with Crippen LogP contribution >= 0.6 is 11.3 Å². The summed E-state index contributed by atoms with van der Waals surface area (Å²) in [4.78, 5) is 12.6. The number of hydrogen-bond acceptors (Lipinski definition) is 3. The summed E-state index contributed by atoms with van der Waals surface area (Å²) in [6.45, 7) is 0.279. The standard InChI is InChI=1S/C15H15F3N2O2S/c16-15(17,18)11-5-3-10(4-6-11)13(21)9-20-14(22)19-8-12-2-1-7-23-12/h1-7,13,21H,8-9H2,(H2,19,20,22)/t13-/m0/s1. The average molecular weight is 344 g/mol. The highest BCUT2D eigenvalue weighted by atomic mass is 32.1. The lowest BCUT2D eigenvalue weighted by molar-refractivity contribution is -0.137. The molecule has 0 unspecified atom stereocenters. The van der Waals surface area contributed by atoms with E-state index in [1.165, 1.54) is 23.5 Å². The molecular weight excluding hydrogens is 329 g/mol. The minimum Gasteiger partial charge on any atom is -0.387 e. The van der Waals surface area contributed by atoms with E-state index in [0.29, 0.717) is 12.1 Å². The molecule has 1 heterocycles. The van der Waals surface area contributed by atoms with E-state index in [-0.39, 0.29) is 6.54 Å². The molecule has 0 spiro atoms. The minimum atomic E-state index is -4.41. The van der Waals surface area contributed by atoms with Crippen LogP contribution in [0, 0.1) is 0 Å². The van der Waals surface area contributed by atoms with Crippen LogP contribution in [0.1, 0.15) is 22.1 Å². The van der Waals surface area contributed by atoms with Crippen LogP contribution in [0.3, 0.4) is 0 Å². The monoisotopic (exact) mass is 344 g/mol. The lowest BCUT2D eigenvalue weighted by atomic mass is 10.1. The van der Waals surface area contributed by atoms with Gasteiger partial charge in [0, 0.05) is 11.4 Å². The SMILES string of the molecule is O=C(NCc1cccs1)NC[C@H](O)c1ccc(C(F)(F)F)cc1. The van der Waals surface area contributed by atoms with Crippen LogP contribution in [0.4, 0.5) is 18.0 Å². The lowest BCUT2D eigenvalue weighted by Gasteiger charge is -2.14. The first kappa shape index (κ1) is 17.3. The molecule has 0 fully saturated rings. The molecule has 0 saturated carbocycles. The third-order valence-corrected chi connectivity index (χ3v) is 3.96. The van der Waals surface area contributed by atoms with E-state index in [9.17, 15) is 23.1 Å². The van der Waals surface area contributed by atoms with Gasteiger partial charge >= 0.3 is 12.2 Å². The molecule has 124 valence electrons. The number of amides is 2. The fourth-order valence-corrected chi connectivity index (χ4v) is 2.49. The van der Waals surface area contributed by atoms with Crippen LogP contribution in [0.2, 0.25) is 0 Å². The fraction of sp³-hybridized carbons (Fsp3) is 0.267. The number of nitrogens with one attached hydrogen (secondary N) is 2. The predicted octanol–water partition coefficient (Wildman–Crippen LogP) is 3.30. The normalized spacial score (nSPS) is 12.7. The number of rotatable bonds is 5. The van der Waals surface area contributed by atoms with Gasteiger partial charge in [-0.1, -0.05) is 18.2 Å². The molecule has 23 heavy (non-hydrogen) atoms. The molecule has 0 aliphatic carbocycles. The van der Waals surface area contributed by atoms with Gasteiger partial charge in [-0.15, -0.1) is 11.3 Å². The van der Waals surface area contributed by atoms with Gasteiger partial charge in [-0.05, 0) is 29.1 Å². The van der Waals surface area contributed by atoms with E-state index >= 15 is 0 Å². The van der Waals surface area contributed by atoms with Crippen molar-refractivity contribution < 1.29 is 23.1 Å².